The normalized spacial score (nSPS) is 29.1. The maximum Gasteiger partial charge on any atom is 0.368 e. The molecule has 0 radical (unpaired) electrons. The topological polar surface area (TPSA) is 660 Å². The molecule has 6 aliphatic rings. The highest BCUT2D eigenvalue weighted by Crippen LogP contribution is 2.46. The molecule has 7 aromatic rings. The van der Waals surface area contributed by atoms with Crippen molar-refractivity contribution in [2.24, 2.45) is 0 Å². The smallest absolute Gasteiger partial charge is 0.368 e. The van der Waals surface area contributed by atoms with Crippen molar-refractivity contribution in [1.29, 1.82) is 0 Å². The summed E-state index contributed by atoms with van der Waals surface area (Å²) in [7, 11) is 0. The zero-order valence-electron chi connectivity index (χ0n) is 76.3. The number of rotatable bonds is 24. The van der Waals surface area contributed by atoms with E-state index in [0.717, 1.165) is 52.7 Å². The number of H-pyrrole nitrogens is 2. The highest BCUT2D eigenvalue weighted by Gasteiger charge is 2.50. The molecule has 0 bridgehead atoms. The van der Waals surface area contributed by atoms with Crippen LogP contribution in [-0.4, -0.2) is 394 Å². The molecule has 734 valence electrons. The molecule has 6 saturated heterocycles. The van der Waals surface area contributed by atoms with E-state index in [2.05, 4.69) is 163 Å². The van der Waals surface area contributed by atoms with Crippen molar-refractivity contribution in [3.8, 4) is 0 Å². The first-order valence-corrected chi connectivity index (χ1v) is 61.8. The highest BCUT2D eigenvalue weighted by molar-refractivity contribution is 14.1. The molecular weight excluding hydrogens is 1950 g/mol. The van der Waals surface area contributed by atoms with Gasteiger partial charge in [-0.05, 0) is 216 Å². The van der Waals surface area contributed by atoms with Gasteiger partial charge in [-0.25, -0.2) is 29.1 Å². The summed E-state index contributed by atoms with van der Waals surface area (Å²) in [5.41, 5.74) is 26.7. The monoisotopic (exact) mass is 2090 g/mol. The van der Waals surface area contributed by atoms with Gasteiger partial charge >= 0.3 is 22.8 Å². The SMILES string of the molecule is C=P(C)(C)CC[C@H]1O[C@@H](c2cnc(N)[nH]c2=O)[C@H](O)[C@@H]1O.C=P(C)(C)CC[C@H]1O[C@@H](n2cc(C)c(N)nc2=O)[C@H](O)[C@@H]1O.C=P(C)(C)CC[C@H]1O[C@@H](n2cc(I)c(N)nc2=O)[C@H](O)[C@@H]1O.C=P(C)(C)CC[C@H]1O[C@@H](n2cc3cc(C)[nH]c3nc2=O)[C@H](O)[C@@H]1O.C=P(C)(C)CC[C@H]1O[C@@H](n2ccc(N)nc2=S)[C@H](O)[C@@H]1O.C=P(C)(C)CC[C@H]1O[C@@H](n2ncc(N)nc2=O)[C@H](O)[C@@H]1O. The van der Waals surface area contributed by atoms with Gasteiger partial charge in [0.05, 0.1) is 52.0 Å². The van der Waals surface area contributed by atoms with Crippen LogP contribution < -0.4 is 57.0 Å². The van der Waals surface area contributed by atoms with Crippen LogP contribution in [0.4, 0.5) is 29.2 Å². The van der Waals surface area contributed by atoms with Gasteiger partial charge < -0.3 is 123 Å². The van der Waals surface area contributed by atoms with E-state index >= 15 is 0 Å². The predicted octanol–water partition coefficient (Wildman–Crippen LogP) is 0.218. The van der Waals surface area contributed by atoms with Gasteiger partial charge in [-0.1, -0.05) is 0 Å². The van der Waals surface area contributed by atoms with E-state index in [4.69, 9.17) is 69.3 Å². The lowest BCUT2D eigenvalue weighted by Crippen LogP contribution is -2.37. The lowest BCUT2D eigenvalue weighted by molar-refractivity contribution is -0.0483. The van der Waals surface area contributed by atoms with Gasteiger partial charge in [-0.15, -0.1) is 79.1 Å². The first kappa shape index (κ1) is 110. The summed E-state index contributed by atoms with van der Waals surface area (Å²) in [6, 6.07) is 3.44. The Bertz CT molecular complexity index is 5420. The first-order chi connectivity index (χ1) is 60.4. The minimum Gasteiger partial charge on any atom is -0.388 e. The fourth-order valence-corrected chi connectivity index (χ4v) is 21.0. The number of aromatic amines is 2. The van der Waals surface area contributed by atoms with Crippen LogP contribution in [0, 0.1) is 22.2 Å². The summed E-state index contributed by atoms with van der Waals surface area (Å²) in [5, 5.41) is 127. The molecule has 13 heterocycles. The van der Waals surface area contributed by atoms with Crippen LogP contribution in [0.2, 0.25) is 0 Å². The third-order valence-electron chi connectivity index (χ3n) is 22.0. The second kappa shape index (κ2) is 45.5. The van der Waals surface area contributed by atoms with E-state index in [1.54, 1.807) is 25.4 Å². The Labute approximate surface area is 778 Å². The Morgan fingerprint density at radius 1 is 0.420 bits per heavy atom. The van der Waals surface area contributed by atoms with Gasteiger partial charge in [-0.3, -0.25) is 28.0 Å². The standard InChI is InChI=1S/C16H24N3O4P.C14H24N3O4P.C13H21IN3O4P.C13H22N3O4P.C13H22N3O3PS.C12H21N4O4P/c1-9-7-10-8-19(16(22)18-14(10)17-9)15-13(21)12(20)11(23-15)5-6-24(2,3)4;1-8-7-17(14(20)16-12(8)15)13-11(19)10(18)9(21-13)5-6-22(2,3)4;1-22(2,3)5-4-8-9(18)10(19)12(21-8)17-6-7(14)11(15)16-13(17)20;1-21(2,3)5-4-8-9(17)10(18)11(20-8)7-6-15-13(14)16-12(7)19;1-20(2,3)7-5-8-10(17)11(18)12(19-8)16-6-4-9(14)15-13(16)21;1-21(2,3)5-4-7-9(17)10(18)11(20-7)16-12(19)15-8(13)6-14-16/h7-8,11-13,15,20-21H,2,5-6H2,1,3-4H3,(H,17,18,22);7,9-11,13,18-19H,2,5-6H2,1,3-4H3,(H2,15,16,20);6,8-10,12,18-19H,1,4-5H2,2-3H3,(H2,15,16,20);6,8-11,17-18H,1,4-5H2,2-3H3,(H3,14,15,16,19);4,6,8,10-12,17-18H,1,5,7H2,2-3H3,(H2,14,15,21);6-7,9-11,17-18H,1,4-5H2,2-3H3,(H2,13,15,19)/t11-,12-,13-,15-;9-,10-,11-,13-;8-,9-,10-,12-;8-,9-,10-,11+;8-,10-,11-,12-;7-,9-,10-,11-/m111111/s1. The van der Waals surface area contributed by atoms with Crippen LogP contribution in [0.1, 0.15) is 92.6 Å². The number of aliphatic hydroxyl groups excluding tert-OH is 12. The van der Waals surface area contributed by atoms with Crippen molar-refractivity contribution < 1.29 is 89.7 Å². The molecule has 0 aliphatic carbocycles. The van der Waals surface area contributed by atoms with Crippen LogP contribution in [0.5, 0.6) is 0 Å². The largest absolute Gasteiger partial charge is 0.388 e. The number of hydrogen-bond acceptors (Lipinski definition) is 36. The van der Waals surface area contributed by atoms with E-state index in [1.165, 1.54) is 43.1 Å². The Kier molecular flexibility index (Phi) is 38.3. The maximum absolute atomic E-state index is 12.3. The van der Waals surface area contributed by atoms with Crippen LogP contribution in [0.25, 0.3) is 11.0 Å². The maximum atomic E-state index is 12.3. The molecule has 0 aromatic carbocycles. The summed E-state index contributed by atoms with van der Waals surface area (Å²) in [6.07, 6.45) is 20.3. The van der Waals surface area contributed by atoms with Gasteiger partial charge in [0.1, 0.15) is 108 Å². The molecule has 42 nitrogen and oxygen atoms in total. The van der Waals surface area contributed by atoms with Crippen molar-refractivity contribution >= 4 is 154 Å². The molecular formula is C81H134IN19O23P6S. The zero-order chi connectivity index (χ0) is 98.3. The zero-order valence-corrected chi connectivity index (χ0v) is 84.6. The fourth-order valence-electron chi connectivity index (χ4n) is 14.6. The van der Waals surface area contributed by atoms with Crippen LogP contribution in [0.15, 0.2) is 73.3 Å². The molecule has 0 amide bonds. The number of nitrogens with two attached hydrogens (primary N) is 5. The van der Waals surface area contributed by atoms with E-state index in [1.807, 2.05) is 35.6 Å². The molecule has 13 rings (SSSR count). The number of anilines is 5. The Morgan fingerprint density at radius 3 is 1.16 bits per heavy atom. The minimum absolute atomic E-state index is 0.00283. The van der Waals surface area contributed by atoms with Gasteiger partial charge in [0.25, 0.3) is 5.56 Å². The molecule has 24 atom stereocenters. The average molecular weight is 2090 g/mol. The molecule has 6 aliphatic heterocycles. The molecule has 7 aromatic heterocycles. The van der Waals surface area contributed by atoms with Crippen LogP contribution in [-0.2, 0) is 28.4 Å². The molecule has 50 heteroatoms. The molecule has 0 unspecified atom stereocenters. The molecule has 131 heavy (non-hydrogen) atoms. The Hall–Kier alpha value is -6.02. The van der Waals surface area contributed by atoms with Crippen LogP contribution >= 0.6 is 76.1 Å². The quantitative estimate of drug-likeness (QED) is 0.0219. The molecule has 24 N–H and O–H groups in total. The minimum atomic E-state index is -1.26. The summed E-state index contributed by atoms with van der Waals surface area (Å²) in [5.74, 6) is 0.579. The predicted molar refractivity (Wildman–Crippen MR) is 537 cm³/mol. The third kappa shape index (κ3) is 30.7. The number of ether oxygens (including phenoxy) is 6. The van der Waals surface area contributed by atoms with Gasteiger partial charge in [0.2, 0.25) is 4.77 Å². The summed E-state index contributed by atoms with van der Waals surface area (Å²) in [4.78, 5) is 87.8. The number of halogens is 1. The summed E-state index contributed by atoms with van der Waals surface area (Å²) < 4.78 is 41.1. The Balaban J connectivity index is 0.000000194. The molecule has 0 spiro atoms. The van der Waals surface area contributed by atoms with Crippen molar-refractivity contribution in [2.45, 2.75) is 199 Å². The van der Waals surface area contributed by atoms with Gasteiger partial charge in [0.15, 0.2) is 37.1 Å². The van der Waals surface area contributed by atoms with Crippen molar-refractivity contribution in [2.75, 3.05) is 146 Å². The third-order valence-corrected chi connectivity index (χ3v) is 32.0. The fraction of sp³-hybridized carbons (Fsp3) is 0.617. The lowest BCUT2D eigenvalue weighted by atomic mass is 10.0. The number of nitrogens with one attached hydrogen (secondary N) is 2. The van der Waals surface area contributed by atoms with Crippen molar-refractivity contribution in [1.82, 2.24) is 67.9 Å². The van der Waals surface area contributed by atoms with Crippen molar-refractivity contribution in [3.05, 3.63) is 127 Å². The second-order valence-electron chi connectivity index (χ2n) is 37.8. The summed E-state index contributed by atoms with van der Waals surface area (Å²) in [6.45, 7) is 21.3. The number of aromatic nitrogens is 14. The second-order valence-corrected chi connectivity index (χ2v) is 65.3. The van der Waals surface area contributed by atoms with Crippen LogP contribution in [0.3, 0.4) is 0 Å². The van der Waals surface area contributed by atoms with E-state index in [9.17, 15) is 85.3 Å². The molecule has 0 saturated carbocycles. The van der Waals surface area contributed by atoms with E-state index in [0.29, 0.717) is 59.1 Å². The first-order valence-electron chi connectivity index (χ1n) is 41.9. The summed E-state index contributed by atoms with van der Waals surface area (Å²) >= 11 is 7.07. The van der Waals surface area contributed by atoms with E-state index < -0.39 is 217 Å². The average Bonchev–Trinajstić information content (AvgIpc) is 1.64. The van der Waals surface area contributed by atoms with Crippen molar-refractivity contribution in [3.63, 3.8) is 0 Å². The lowest BCUT2D eigenvalue weighted by Gasteiger charge is -2.19. The van der Waals surface area contributed by atoms with E-state index in [-0.39, 0.29) is 33.7 Å². The number of hydrogen-bond donors (Lipinski definition) is 19. The number of nitrogens with zero attached hydrogens (tertiary/aromatic N) is 12. The number of aliphatic hydroxyl groups is 12. The number of fused-ring (bicyclic) bond motifs is 1. The number of aryl methyl sites for hydroxylation is 2. The van der Waals surface area contributed by atoms with Gasteiger partial charge in [-0.2, -0.15) is 29.7 Å². The number of nitrogen functional groups attached to an aromatic ring is 5. The Morgan fingerprint density at radius 2 is 0.771 bits per heavy atom. The van der Waals surface area contributed by atoms with Gasteiger partial charge in [0, 0.05) is 47.6 Å². The highest BCUT2D eigenvalue weighted by atomic mass is 127. The molecule has 6 fully saturated rings.